The van der Waals surface area contributed by atoms with Crippen LogP contribution in [-0.4, -0.2) is 33.5 Å². The molecular formula is C18H16ClFN4O2S. The van der Waals surface area contributed by atoms with Crippen molar-refractivity contribution in [1.82, 2.24) is 14.8 Å². The number of thioether (sulfide) groups is 1. The van der Waals surface area contributed by atoms with Gasteiger partial charge in [0.05, 0.1) is 10.8 Å². The molecule has 1 heterocycles. The van der Waals surface area contributed by atoms with E-state index in [1.807, 2.05) is 34.9 Å². The van der Waals surface area contributed by atoms with Gasteiger partial charge in [-0.15, -0.1) is 10.2 Å². The Labute approximate surface area is 164 Å². The maximum absolute atomic E-state index is 13.2. The van der Waals surface area contributed by atoms with Gasteiger partial charge >= 0.3 is 0 Å². The number of nitrogens with one attached hydrogen (secondary N) is 1. The molecular weight excluding hydrogens is 391 g/mol. The molecule has 0 aliphatic rings. The minimum Gasteiger partial charge on any atom is -0.377 e. The van der Waals surface area contributed by atoms with Crippen LogP contribution in [0.1, 0.15) is 5.82 Å². The number of benzene rings is 2. The van der Waals surface area contributed by atoms with Crippen molar-refractivity contribution in [2.75, 3.05) is 18.2 Å². The highest BCUT2D eigenvalue weighted by Crippen LogP contribution is 2.23. The van der Waals surface area contributed by atoms with Crippen LogP contribution in [-0.2, 0) is 16.1 Å². The standard InChI is InChI=1S/C18H16ClFN4O2S/c1-26-10-16-22-23-18(24(16)13-5-3-2-4-6-13)27-11-17(25)21-12-7-8-15(20)14(19)9-12/h2-9H,10-11H2,1H3,(H,21,25). The van der Waals surface area contributed by atoms with E-state index in [9.17, 15) is 9.18 Å². The first-order valence-corrected chi connectivity index (χ1v) is 9.31. The third-order valence-electron chi connectivity index (χ3n) is 3.52. The predicted molar refractivity (Wildman–Crippen MR) is 103 cm³/mol. The molecule has 2 aromatic carbocycles. The number of hydrogen-bond acceptors (Lipinski definition) is 5. The summed E-state index contributed by atoms with van der Waals surface area (Å²) in [6.45, 7) is 0.294. The molecule has 6 nitrogen and oxygen atoms in total. The van der Waals surface area contributed by atoms with Crippen molar-refractivity contribution in [1.29, 1.82) is 0 Å². The van der Waals surface area contributed by atoms with E-state index in [4.69, 9.17) is 16.3 Å². The average Bonchev–Trinajstić information content (AvgIpc) is 3.07. The van der Waals surface area contributed by atoms with E-state index in [0.29, 0.717) is 23.3 Å². The molecule has 0 unspecified atom stereocenters. The van der Waals surface area contributed by atoms with Crippen LogP contribution >= 0.6 is 23.4 Å². The van der Waals surface area contributed by atoms with Gasteiger partial charge in [-0.05, 0) is 30.3 Å². The topological polar surface area (TPSA) is 69.0 Å². The number of carbonyl (C=O) groups is 1. The smallest absolute Gasteiger partial charge is 0.234 e. The van der Waals surface area contributed by atoms with Crippen LogP contribution in [0.2, 0.25) is 5.02 Å². The summed E-state index contributed by atoms with van der Waals surface area (Å²) in [5.41, 5.74) is 1.30. The van der Waals surface area contributed by atoms with E-state index in [1.54, 1.807) is 7.11 Å². The summed E-state index contributed by atoms with van der Waals surface area (Å²) in [4.78, 5) is 12.2. The molecule has 0 saturated carbocycles. The molecule has 140 valence electrons. The maximum Gasteiger partial charge on any atom is 0.234 e. The highest BCUT2D eigenvalue weighted by atomic mass is 35.5. The minimum atomic E-state index is -0.536. The van der Waals surface area contributed by atoms with E-state index in [-0.39, 0.29) is 16.7 Å². The van der Waals surface area contributed by atoms with E-state index in [0.717, 1.165) is 5.69 Å². The fourth-order valence-electron chi connectivity index (χ4n) is 2.35. The lowest BCUT2D eigenvalue weighted by Crippen LogP contribution is -2.14. The summed E-state index contributed by atoms with van der Waals surface area (Å²) in [6.07, 6.45) is 0. The van der Waals surface area contributed by atoms with Gasteiger partial charge in [-0.2, -0.15) is 0 Å². The molecule has 0 aliphatic heterocycles. The number of amides is 1. The molecule has 1 amide bonds. The first-order valence-electron chi connectivity index (χ1n) is 7.95. The Hall–Kier alpha value is -2.42. The zero-order valence-corrected chi connectivity index (χ0v) is 15.9. The van der Waals surface area contributed by atoms with Crippen molar-refractivity contribution in [3.8, 4) is 5.69 Å². The number of carbonyl (C=O) groups excluding carboxylic acids is 1. The first-order chi connectivity index (χ1) is 13.1. The number of ether oxygens (including phenoxy) is 1. The highest BCUT2D eigenvalue weighted by Gasteiger charge is 2.16. The molecule has 3 rings (SSSR count). The molecule has 0 bridgehead atoms. The number of halogens is 2. The number of nitrogens with zero attached hydrogens (tertiary/aromatic N) is 3. The molecule has 9 heteroatoms. The van der Waals surface area contributed by atoms with Gasteiger partial charge in [-0.25, -0.2) is 4.39 Å². The molecule has 1 aromatic heterocycles. The van der Waals surface area contributed by atoms with Crippen molar-refractivity contribution < 1.29 is 13.9 Å². The molecule has 0 saturated heterocycles. The lowest BCUT2D eigenvalue weighted by atomic mass is 10.3. The number of aromatic nitrogens is 3. The average molecular weight is 407 g/mol. The molecule has 0 atom stereocenters. The van der Waals surface area contributed by atoms with Crippen LogP contribution in [0.4, 0.5) is 10.1 Å². The Morgan fingerprint density at radius 2 is 2.04 bits per heavy atom. The Morgan fingerprint density at radius 3 is 2.74 bits per heavy atom. The third-order valence-corrected chi connectivity index (χ3v) is 4.74. The second kappa shape index (κ2) is 8.98. The Kier molecular flexibility index (Phi) is 6.44. The lowest BCUT2D eigenvalue weighted by molar-refractivity contribution is -0.113. The third kappa shape index (κ3) is 4.85. The zero-order chi connectivity index (χ0) is 19.2. The van der Waals surface area contributed by atoms with Gasteiger partial charge in [-0.1, -0.05) is 41.6 Å². The van der Waals surface area contributed by atoms with Gasteiger partial charge in [0.2, 0.25) is 5.91 Å². The van der Waals surface area contributed by atoms with Crippen molar-refractivity contribution in [3.05, 3.63) is 65.2 Å². The summed E-state index contributed by atoms with van der Waals surface area (Å²) >= 11 is 6.96. The van der Waals surface area contributed by atoms with Gasteiger partial charge in [0.25, 0.3) is 0 Å². The second-order valence-corrected chi connectivity index (χ2v) is 6.82. The Morgan fingerprint density at radius 1 is 1.26 bits per heavy atom. The number of hydrogen-bond donors (Lipinski definition) is 1. The monoisotopic (exact) mass is 406 g/mol. The largest absolute Gasteiger partial charge is 0.377 e. The van der Waals surface area contributed by atoms with Crippen molar-refractivity contribution in [3.63, 3.8) is 0 Å². The van der Waals surface area contributed by atoms with Crippen molar-refractivity contribution >= 4 is 35.0 Å². The summed E-state index contributed by atoms with van der Waals surface area (Å²) in [6, 6.07) is 13.6. The fraction of sp³-hybridized carbons (Fsp3) is 0.167. The number of anilines is 1. The highest BCUT2D eigenvalue weighted by molar-refractivity contribution is 7.99. The van der Waals surface area contributed by atoms with Gasteiger partial charge < -0.3 is 10.1 Å². The predicted octanol–water partition coefficient (Wildman–Crippen LogP) is 3.94. The normalized spacial score (nSPS) is 10.8. The molecule has 3 aromatic rings. The summed E-state index contributed by atoms with van der Waals surface area (Å²) in [5, 5.41) is 11.5. The molecule has 0 fully saturated rings. The van der Waals surface area contributed by atoms with Crippen LogP contribution in [0.3, 0.4) is 0 Å². The first kappa shape index (κ1) is 19.3. The fourth-order valence-corrected chi connectivity index (χ4v) is 3.31. The van der Waals surface area contributed by atoms with E-state index < -0.39 is 5.82 Å². The molecule has 0 aliphatic carbocycles. The lowest BCUT2D eigenvalue weighted by Gasteiger charge is -2.10. The van der Waals surface area contributed by atoms with E-state index in [1.165, 1.54) is 30.0 Å². The van der Waals surface area contributed by atoms with Gasteiger partial charge in [0.15, 0.2) is 11.0 Å². The van der Waals surface area contributed by atoms with Crippen molar-refractivity contribution in [2.45, 2.75) is 11.8 Å². The molecule has 1 N–H and O–H groups in total. The minimum absolute atomic E-state index is 0.0477. The number of methoxy groups -OCH3 is 1. The van der Waals surface area contributed by atoms with Gasteiger partial charge in [-0.3, -0.25) is 9.36 Å². The Bertz CT molecular complexity index is 936. The molecule has 27 heavy (non-hydrogen) atoms. The summed E-state index contributed by atoms with van der Waals surface area (Å²) in [7, 11) is 1.58. The SMILES string of the molecule is COCc1nnc(SCC(=O)Nc2ccc(F)c(Cl)c2)n1-c1ccccc1. The van der Waals surface area contributed by atoms with E-state index in [2.05, 4.69) is 15.5 Å². The summed E-state index contributed by atoms with van der Waals surface area (Å²) < 4.78 is 20.2. The Balaban J connectivity index is 1.72. The molecule has 0 spiro atoms. The van der Waals surface area contributed by atoms with Gasteiger partial charge in [0.1, 0.15) is 12.4 Å². The van der Waals surface area contributed by atoms with Crippen LogP contribution in [0.15, 0.2) is 53.7 Å². The van der Waals surface area contributed by atoms with Crippen LogP contribution < -0.4 is 5.32 Å². The second-order valence-electron chi connectivity index (χ2n) is 5.47. The van der Waals surface area contributed by atoms with Crippen LogP contribution in [0.25, 0.3) is 5.69 Å². The van der Waals surface area contributed by atoms with Crippen LogP contribution in [0, 0.1) is 5.82 Å². The van der Waals surface area contributed by atoms with E-state index >= 15 is 0 Å². The number of para-hydroxylation sites is 1. The quantitative estimate of drug-likeness (QED) is 0.602. The van der Waals surface area contributed by atoms with Crippen molar-refractivity contribution in [2.24, 2.45) is 0 Å². The molecule has 0 radical (unpaired) electrons. The zero-order valence-electron chi connectivity index (χ0n) is 14.4. The maximum atomic E-state index is 13.2. The summed E-state index contributed by atoms with van der Waals surface area (Å²) in [5.74, 6) is -0.0615. The van der Waals surface area contributed by atoms with Gasteiger partial charge in [0, 0.05) is 18.5 Å². The van der Waals surface area contributed by atoms with Crippen LogP contribution in [0.5, 0.6) is 0 Å². The number of rotatable bonds is 7.